The predicted octanol–water partition coefficient (Wildman–Crippen LogP) is 3.05. The summed E-state index contributed by atoms with van der Waals surface area (Å²) in [5, 5.41) is 0. The van der Waals surface area contributed by atoms with E-state index in [-0.39, 0.29) is 0 Å². The minimum Gasteiger partial charge on any atom is -0.206 e. The van der Waals surface area contributed by atoms with E-state index in [4.69, 9.17) is 0 Å². The third-order valence-electron chi connectivity index (χ3n) is 1.21. The van der Waals surface area contributed by atoms with Gasteiger partial charge >= 0.3 is 0 Å². The summed E-state index contributed by atoms with van der Waals surface area (Å²) in [7, 11) is 0. The molecule has 0 aromatic heterocycles. The number of halogens is 3. The molecule has 0 bridgehead atoms. The zero-order valence-electron chi connectivity index (χ0n) is 5.39. The molecule has 60 valence electrons. The van der Waals surface area contributed by atoms with Gasteiger partial charge in [-0.1, -0.05) is 0 Å². The number of thiol groups is 1. The second-order valence-electron chi connectivity index (χ2n) is 2.01. The predicted molar refractivity (Wildman–Crippen MR) is 38.6 cm³/mol. The van der Waals surface area contributed by atoms with Crippen molar-refractivity contribution in [3.8, 4) is 0 Å². The van der Waals surface area contributed by atoms with Crippen LogP contribution >= 0.6 is 12.6 Å². The van der Waals surface area contributed by atoms with E-state index < -0.39 is 17.8 Å². The molecule has 0 unspecified atom stereocenters. The van der Waals surface area contributed by atoms with E-state index in [1.54, 1.807) is 0 Å². The third kappa shape index (κ3) is 1.89. The second kappa shape index (κ2) is 3.17. The van der Waals surface area contributed by atoms with Gasteiger partial charge in [-0.05, 0) is 18.2 Å². The summed E-state index contributed by atoms with van der Waals surface area (Å²) < 4.78 is 36.4. The van der Waals surface area contributed by atoms with E-state index in [1.807, 2.05) is 0 Å². The zero-order valence-corrected chi connectivity index (χ0v) is 6.28. The van der Waals surface area contributed by atoms with Crippen molar-refractivity contribution >= 4 is 12.6 Å². The van der Waals surface area contributed by atoms with Crippen LogP contribution in [-0.2, 0) is 0 Å². The van der Waals surface area contributed by atoms with Crippen molar-refractivity contribution in [2.45, 2.75) is 11.3 Å². The monoisotopic (exact) mass is 178 g/mol. The van der Waals surface area contributed by atoms with Crippen LogP contribution in [0.5, 0.6) is 0 Å². The Morgan fingerprint density at radius 3 is 2.36 bits per heavy atom. The molecule has 11 heavy (non-hydrogen) atoms. The van der Waals surface area contributed by atoms with Crippen molar-refractivity contribution in [3.05, 3.63) is 29.6 Å². The molecule has 0 radical (unpaired) electrons. The van der Waals surface area contributed by atoms with Crippen molar-refractivity contribution < 1.29 is 13.2 Å². The summed E-state index contributed by atoms with van der Waals surface area (Å²) in [6.45, 7) is 0. The van der Waals surface area contributed by atoms with Crippen LogP contribution in [0, 0.1) is 5.82 Å². The van der Waals surface area contributed by atoms with Gasteiger partial charge in [0.2, 0.25) is 0 Å². The van der Waals surface area contributed by atoms with Crippen molar-refractivity contribution in [3.63, 3.8) is 0 Å². The highest BCUT2D eigenvalue weighted by molar-refractivity contribution is 7.80. The SMILES string of the molecule is Fc1ccc(S)cc1C(F)F. The molecular weight excluding hydrogens is 173 g/mol. The van der Waals surface area contributed by atoms with Crippen LogP contribution in [0.25, 0.3) is 0 Å². The molecule has 0 fully saturated rings. The van der Waals surface area contributed by atoms with Crippen LogP contribution in [0.3, 0.4) is 0 Å². The summed E-state index contributed by atoms with van der Waals surface area (Å²) in [5.41, 5.74) is -0.600. The van der Waals surface area contributed by atoms with Gasteiger partial charge in [0.25, 0.3) is 6.43 Å². The summed E-state index contributed by atoms with van der Waals surface area (Å²) in [6.07, 6.45) is -2.78. The van der Waals surface area contributed by atoms with Crippen LogP contribution < -0.4 is 0 Å². The number of rotatable bonds is 1. The lowest BCUT2D eigenvalue weighted by Crippen LogP contribution is -1.89. The lowest BCUT2D eigenvalue weighted by molar-refractivity contribution is 0.146. The van der Waals surface area contributed by atoms with E-state index in [9.17, 15) is 13.2 Å². The van der Waals surface area contributed by atoms with Gasteiger partial charge in [-0.15, -0.1) is 12.6 Å². The molecule has 4 heteroatoms. The Hall–Kier alpha value is -0.640. The molecule has 0 saturated heterocycles. The fourth-order valence-electron chi connectivity index (χ4n) is 0.698. The minimum absolute atomic E-state index is 0.335. The van der Waals surface area contributed by atoms with E-state index >= 15 is 0 Å². The van der Waals surface area contributed by atoms with Crippen molar-refractivity contribution in [1.82, 2.24) is 0 Å². The first-order chi connectivity index (χ1) is 5.11. The maximum absolute atomic E-state index is 12.5. The minimum atomic E-state index is -2.78. The van der Waals surface area contributed by atoms with Gasteiger partial charge in [-0.25, -0.2) is 13.2 Å². The van der Waals surface area contributed by atoms with Gasteiger partial charge in [0.05, 0.1) is 5.56 Å². The Morgan fingerprint density at radius 2 is 1.91 bits per heavy atom. The van der Waals surface area contributed by atoms with Crippen molar-refractivity contribution in [2.75, 3.05) is 0 Å². The first kappa shape index (κ1) is 8.46. The summed E-state index contributed by atoms with van der Waals surface area (Å²) in [4.78, 5) is 0.335. The molecule has 0 amide bonds. The van der Waals surface area contributed by atoms with Gasteiger partial charge in [0.1, 0.15) is 5.82 Å². The lowest BCUT2D eigenvalue weighted by atomic mass is 10.2. The highest BCUT2D eigenvalue weighted by Gasteiger charge is 2.12. The molecule has 0 heterocycles. The van der Waals surface area contributed by atoms with Gasteiger partial charge in [0, 0.05) is 4.90 Å². The molecule has 0 aliphatic rings. The number of benzene rings is 1. The van der Waals surface area contributed by atoms with Crippen LogP contribution in [0.2, 0.25) is 0 Å². The molecule has 0 saturated carbocycles. The number of hydrogen-bond donors (Lipinski definition) is 1. The highest BCUT2D eigenvalue weighted by atomic mass is 32.1. The smallest absolute Gasteiger partial charge is 0.206 e. The molecular formula is C7H5F3S. The Bertz CT molecular complexity index is 260. The highest BCUT2D eigenvalue weighted by Crippen LogP contribution is 2.23. The normalized spacial score (nSPS) is 10.6. The van der Waals surface area contributed by atoms with Crippen LogP contribution in [0.1, 0.15) is 12.0 Å². The molecule has 0 aliphatic carbocycles. The van der Waals surface area contributed by atoms with Crippen molar-refractivity contribution in [1.29, 1.82) is 0 Å². The van der Waals surface area contributed by atoms with Crippen LogP contribution in [-0.4, -0.2) is 0 Å². The molecule has 0 nitrogen and oxygen atoms in total. The lowest BCUT2D eigenvalue weighted by Gasteiger charge is -2.01. The van der Waals surface area contributed by atoms with E-state index in [1.165, 1.54) is 6.07 Å². The standard InChI is InChI=1S/C7H5F3S/c8-6-2-1-4(11)3-5(6)7(9)10/h1-3,7,11H. The first-order valence-electron chi connectivity index (χ1n) is 2.88. The molecule has 0 spiro atoms. The Labute approximate surface area is 67.4 Å². The molecule has 0 atom stereocenters. The van der Waals surface area contributed by atoms with Gasteiger partial charge in [-0.2, -0.15) is 0 Å². The maximum Gasteiger partial charge on any atom is 0.266 e. The van der Waals surface area contributed by atoms with E-state index in [2.05, 4.69) is 12.6 Å². The summed E-state index contributed by atoms with van der Waals surface area (Å²) in [5.74, 6) is -0.891. The van der Waals surface area contributed by atoms with Crippen LogP contribution in [0.15, 0.2) is 23.1 Å². The van der Waals surface area contributed by atoms with Gasteiger partial charge in [0.15, 0.2) is 0 Å². The largest absolute Gasteiger partial charge is 0.266 e. The summed E-state index contributed by atoms with van der Waals surface area (Å²) in [6, 6.07) is 3.32. The molecule has 0 N–H and O–H groups in total. The fourth-order valence-corrected chi connectivity index (χ4v) is 0.912. The topological polar surface area (TPSA) is 0 Å². The van der Waals surface area contributed by atoms with Gasteiger partial charge < -0.3 is 0 Å². The number of hydrogen-bond acceptors (Lipinski definition) is 1. The molecule has 1 aromatic rings. The Balaban J connectivity index is 3.13. The zero-order chi connectivity index (χ0) is 8.43. The van der Waals surface area contributed by atoms with Crippen molar-refractivity contribution in [2.24, 2.45) is 0 Å². The Morgan fingerprint density at radius 1 is 1.27 bits per heavy atom. The maximum atomic E-state index is 12.5. The van der Waals surface area contributed by atoms with Crippen LogP contribution in [0.4, 0.5) is 13.2 Å². The molecule has 0 aliphatic heterocycles. The van der Waals surface area contributed by atoms with E-state index in [0.29, 0.717) is 4.90 Å². The van der Waals surface area contributed by atoms with Gasteiger partial charge in [-0.3, -0.25) is 0 Å². The Kier molecular flexibility index (Phi) is 2.44. The molecule has 1 aromatic carbocycles. The molecule has 1 rings (SSSR count). The first-order valence-corrected chi connectivity index (χ1v) is 3.32. The van der Waals surface area contributed by atoms with E-state index in [0.717, 1.165) is 12.1 Å². The second-order valence-corrected chi connectivity index (χ2v) is 2.52. The quantitative estimate of drug-likeness (QED) is 0.628. The average Bonchev–Trinajstić information content (AvgIpc) is 1.94. The number of alkyl halides is 2. The fraction of sp³-hybridized carbons (Fsp3) is 0.143. The summed E-state index contributed by atoms with van der Waals surface area (Å²) >= 11 is 3.80. The average molecular weight is 178 g/mol. The third-order valence-corrected chi connectivity index (χ3v) is 1.49.